The van der Waals surface area contributed by atoms with E-state index in [-0.39, 0.29) is 25.1 Å². The van der Waals surface area contributed by atoms with E-state index in [1.807, 2.05) is 24.3 Å². The molecule has 9 heteroatoms. The molecule has 1 aromatic carbocycles. The first-order valence-electron chi connectivity index (χ1n) is 9.78. The number of hydrogen-bond acceptors (Lipinski definition) is 4. The smallest absolute Gasteiger partial charge is 0.150 e. The van der Waals surface area contributed by atoms with Gasteiger partial charge in [-0.15, -0.1) is 12.4 Å². The van der Waals surface area contributed by atoms with Crippen molar-refractivity contribution in [3.8, 4) is 0 Å². The number of hydrogen-bond donors (Lipinski definition) is 2. The Balaban J connectivity index is 0.00000218. The number of aliphatic hydroxyl groups is 1. The molecule has 4 heterocycles. The molecule has 0 saturated carbocycles. The summed E-state index contributed by atoms with van der Waals surface area (Å²) in [5.41, 5.74) is 3.45. The van der Waals surface area contributed by atoms with Crippen LogP contribution in [0, 0.1) is 0 Å². The zero-order valence-corrected chi connectivity index (χ0v) is 19.2. The first kappa shape index (κ1) is 22.0. The molecule has 1 fully saturated rings. The summed E-state index contributed by atoms with van der Waals surface area (Å²) in [5, 5.41) is 12.9. The van der Waals surface area contributed by atoms with Crippen LogP contribution in [0.4, 0.5) is 5.82 Å². The highest BCUT2D eigenvalue weighted by atomic mass is 35.5. The van der Waals surface area contributed by atoms with E-state index in [2.05, 4.69) is 19.8 Å². The third-order valence-corrected chi connectivity index (χ3v) is 7.09. The highest BCUT2D eigenvalue weighted by molar-refractivity contribution is 6.41. The van der Waals surface area contributed by atoms with Gasteiger partial charge in [0.1, 0.15) is 11.0 Å². The lowest BCUT2D eigenvalue weighted by molar-refractivity contribution is 0.0985. The number of pyridine rings is 1. The van der Waals surface area contributed by atoms with Crippen LogP contribution in [-0.2, 0) is 6.42 Å². The number of aromatic amines is 1. The van der Waals surface area contributed by atoms with E-state index < -0.39 is 0 Å². The lowest BCUT2D eigenvalue weighted by atomic mass is 9.95. The predicted octanol–water partition coefficient (Wildman–Crippen LogP) is 5.12. The van der Waals surface area contributed by atoms with Gasteiger partial charge in [-0.3, -0.25) is 4.90 Å². The van der Waals surface area contributed by atoms with E-state index in [0.29, 0.717) is 16.2 Å². The minimum atomic E-state index is -0.0471. The van der Waals surface area contributed by atoms with Gasteiger partial charge < -0.3 is 15.0 Å². The second-order valence-corrected chi connectivity index (χ2v) is 8.93. The fourth-order valence-electron chi connectivity index (χ4n) is 4.58. The highest BCUT2D eigenvalue weighted by Crippen LogP contribution is 2.37. The molecule has 0 bridgehead atoms. The van der Waals surface area contributed by atoms with Crippen molar-refractivity contribution < 1.29 is 5.11 Å². The van der Waals surface area contributed by atoms with E-state index in [0.717, 1.165) is 59.9 Å². The summed E-state index contributed by atoms with van der Waals surface area (Å²) in [4.78, 5) is 12.6. The monoisotopic (exact) mass is 486 g/mol. The zero-order chi connectivity index (χ0) is 20.1. The van der Waals surface area contributed by atoms with Crippen LogP contribution in [0.25, 0.3) is 10.9 Å². The van der Waals surface area contributed by atoms with E-state index in [1.54, 1.807) is 6.07 Å². The van der Waals surface area contributed by atoms with Crippen molar-refractivity contribution in [2.45, 2.75) is 24.9 Å². The maximum Gasteiger partial charge on any atom is 0.150 e. The van der Waals surface area contributed by atoms with Gasteiger partial charge in [-0.25, -0.2) is 4.98 Å². The first-order valence-corrected chi connectivity index (χ1v) is 10.9. The predicted molar refractivity (Wildman–Crippen MR) is 126 cm³/mol. The summed E-state index contributed by atoms with van der Waals surface area (Å²) in [6.45, 7) is 2.79. The minimum Gasteiger partial charge on any atom is -0.394 e. The summed E-state index contributed by atoms with van der Waals surface area (Å²) < 4.78 is 0. The Morgan fingerprint density at radius 1 is 1.13 bits per heavy atom. The van der Waals surface area contributed by atoms with Crippen LogP contribution in [0.3, 0.4) is 0 Å². The van der Waals surface area contributed by atoms with Crippen molar-refractivity contribution >= 4 is 63.9 Å². The van der Waals surface area contributed by atoms with Crippen LogP contribution in [0.2, 0.25) is 15.2 Å². The fraction of sp³-hybridized carbons (Fsp3) is 0.381. The number of anilines is 1. The molecular formula is C21H22Cl4N4O. The third kappa shape index (κ3) is 3.77. The molecule has 2 aromatic heterocycles. The van der Waals surface area contributed by atoms with Crippen LogP contribution >= 0.6 is 47.2 Å². The Hall–Kier alpha value is -1.21. The molecule has 0 radical (unpaired) electrons. The van der Waals surface area contributed by atoms with Crippen LogP contribution < -0.4 is 4.90 Å². The quantitative estimate of drug-likeness (QED) is 0.501. The molecule has 0 spiro atoms. The van der Waals surface area contributed by atoms with Gasteiger partial charge >= 0.3 is 0 Å². The standard InChI is InChI=1S/C21H21Cl3N4O.ClH/c22-12-1-3-17-15(9-12)14-6-7-27(18(11-29)20(14)25-17)10-13-5-8-28(13)19-4-2-16(23)21(24)26-19;/h1-4,9,13,18,25,29H,5-8,10-11H2;1H. The Bertz CT molecular complexity index is 1070. The first-order chi connectivity index (χ1) is 14.0. The number of benzene rings is 1. The van der Waals surface area contributed by atoms with E-state index in [4.69, 9.17) is 34.8 Å². The van der Waals surface area contributed by atoms with Gasteiger partial charge in [0, 0.05) is 47.3 Å². The SMILES string of the molecule is Cl.OCC1c2[nH]c3ccc(Cl)cc3c2CCN1CC1CCN1c1ccc(Cl)c(Cl)n1. The van der Waals surface area contributed by atoms with Gasteiger partial charge in [-0.1, -0.05) is 34.8 Å². The average Bonchev–Trinajstić information content (AvgIpc) is 3.05. The second kappa shape index (κ2) is 8.73. The molecule has 5 nitrogen and oxygen atoms in total. The molecule has 2 N–H and O–H groups in total. The zero-order valence-electron chi connectivity index (χ0n) is 16.1. The van der Waals surface area contributed by atoms with Crippen molar-refractivity contribution in [3.05, 3.63) is 56.8 Å². The van der Waals surface area contributed by atoms with Crippen LogP contribution in [-0.4, -0.2) is 52.3 Å². The van der Waals surface area contributed by atoms with Crippen molar-refractivity contribution in [1.29, 1.82) is 0 Å². The van der Waals surface area contributed by atoms with Gasteiger partial charge in [-0.2, -0.15) is 0 Å². The summed E-state index contributed by atoms with van der Waals surface area (Å²) in [7, 11) is 0. The number of nitrogens with one attached hydrogen (secondary N) is 1. The van der Waals surface area contributed by atoms with Crippen molar-refractivity contribution in [2.75, 3.05) is 31.1 Å². The molecular weight excluding hydrogens is 466 g/mol. The van der Waals surface area contributed by atoms with Crippen LogP contribution in [0.1, 0.15) is 23.7 Å². The minimum absolute atomic E-state index is 0. The summed E-state index contributed by atoms with van der Waals surface area (Å²) >= 11 is 18.3. The molecule has 2 aliphatic rings. The maximum atomic E-state index is 10.2. The third-order valence-electron chi connectivity index (χ3n) is 6.17. The molecule has 2 aliphatic heterocycles. The number of H-pyrrole nitrogens is 1. The number of aromatic nitrogens is 2. The van der Waals surface area contributed by atoms with Gasteiger partial charge in [0.25, 0.3) is 0 Å². The summed E-state index contributed by atoms with van der Waals surface area (Å²) in [5.74, 6) is 0.856. The molecule has 160 valence electrons. The summed E-state index contributed by atoms with van der Waals surface area (Å²) in [6, 6.07) is 9.93. The van der Waals surface area contributed by atoms with E-state index in [9.17, 15) is 5.11 Å². The normalized spacial score (nSPS) is 21.3. The van der Waals surface area contributed by atoms with Crippen LogP contribution in [0.5, 0.6) is 0 Å². The lowest BCUT2D eigenvalue weighted by Crippen LogP contribution is -2.55. The van der Waals surface area contributed by atoms with Gasteiger partial charge in [0.2, 0.25) is 0 Å². The Kier molecular flexibility index (Phi) is 6.40. The second-order valence-electron chi connectivity index (χ2n) is 7.73. The maximum absolute atomic E-state index is 10.2. The van der Waals surface area contributed by atoms with Crippen LogP contribution in [0.15, 0.2) is 30.3 Å². The number of aliphatic hydroxyl groups excluding tert-OH is 1. The molecule has 0 amide bonds. The molecule has 0 aliphatic carbocycles. The summed E-state index contributed by atoms with van der Waals surface area (Å²) in [6.07, 6.45) is 2.02. The number of fused-ring (bicyclic) bond motifs is 3. The fourth-order valence-corrected chi connectivity index (χ4v) is 5.01. The molecule has 5 rings (SSSR count). The Morgan fingerprint density at radius 3 is 2.67 bits per heavy atom. The Morgan fingerprint density at radius 2 is 1.97 bits per heavy atom. The van der Waals surface area contributed by atoms with Gasteiger partial charge in [0.15, 0.2) is 0 Å². The largest absolute Gasteiger partial charge is 0.394 e. The van der Waals surface area contributed by atoms with E-state index >= 15 is 0 Å². The highest BCUT2D eigenvalue weighted by Gasteiger charge is 2.36. The number of rotatable bonds is 4. The molecule has 3 aromatic rings. The lowest BCUT2D eigenvalue weighted by Gasteiger charge is -2.46. The molecule has 2 atom stereocenters. The number of halogens is 4. The molecule has 2 unspecified atom stereocenters. The van der Waals surface area contributed by atoms with Crippen molar-refractivity contribution in [1.82, 2.24) is 14.9 Å². The topological polar surface area (TPSA) is 55.4 Å². The van der Waals surface area contributed by atoms with Gasteiger partial charge in [-0.05, 0) is 48.7 Å². The molecule has 1 saturated heterocycles. The Labute approximate surface area is 196 Å². The molecule has 30 heavy (non-hydrogen) atoms. The van der Waals surface area contributed by atoms with Crippen molar-refractivity contribution in [3.63, 3.8) is 0 Å². The average molecular weight is 488 g/mol. The van der Waals surface area contributed by atoms with Gasteiger partial charge in [0.05, 0.1) is 17.7 Å². The van der Waals surface area contributed by atoms with E-state index in [1.165, 1.54) is 5.56 Å². The van der Waals surface area contributed by atoms with Crippen molar-refractivity contribution in [2.24, 2.45) is 0 Å². The number of nitrogens with zero attached hydrogens (tertiary/aromatic N) is 3.